The molecule has 0 atom stereocenters. The Morgan fingerprint density at radius 1 is 1.20 bits per heavy atom. The summed E-state index contributed by atoms with van der Waals surface area (Å²) >= 11 is 0. The third-order valence-corrected chi connectivity index (χ3v) is 3.47. The predicted molar refractivity (Wildman–Crippen MR) is 91.9 cm³/mol. The van der Waals surface area contributed by atoms with E-state index in [1.54, 1.807) is 36.7 Å². The van der Waals surface area contributed by atoms with Gasteiger partial charge in [-0.05, 0) is 29.8 Å². The molecule has 7 heteroatoms. The summed E-state index contributed by atoms with van der Waals surface area (Å²) in [7, 11) is 1.28. The molecule has 130 valence electrons. The first-order valence-corrected chi connectivity index (χ1v) is 7.63. The van der Waals surface area contributed by atoms with E-state index < -0.39 is 5.97 Å². The van der Waals surface area contributed by atoms with Crippen LogP contribution in [-0.4, -0.2) is 36.4 Å². The predicted octanol–water partition coefficient (Wildman–Crippen LogP) is 1.54. The van der Waals surface area contributed by atoms with Crippen molar-refractivity contribution >= 4 is 23.5 Å². The maximum Gasteiger partial charge on any atom is 0.337 e. The van der Waals surface area contributed by atoms with Gasteiger partial charge in [0.1, 0.15) is 6.54 Å². The van der Waals surface area contributed by atoms with Gasteiger partial charge in [0.2, 0.25) is 11.8 Å². The van der Waals surface area contributed by atoms with Crippen LogP contribution in [0, 0.1) is 0 Å². The average molecular weight is 341 g/mol. The number of methoxy groups -OCH3 is 1. The van der Waals surface area contributed by atoms with Crippen LogP contribution < -0.4 is 10.2 Å². The van der Waals surface area contributed by atoms with E-state index in [4.69, 9.17) is 0 Å². The molecule has 0 radical (unpaired) electrons. The monoisotopic (exact) mass is 341 g/mol. The average Bonchev–Trinajstić information content (AvgIpc) is 2.64. The molecule has 0 spiro atoms. The van der Waals surface area contributed by atoms with Crippen molar-refractivity contribution < 1.29 is 19.1 Å². The van der Waals surface area contributed by atoms with Crippen LogP contribution in [0.2, 0.25) is 0 Å². The van der Waals surface area contributed by atoms with Crippen molar-refractivity contribution in [1.29, 1.82) is 0 Å². The first-order chi connectivity index (χ1) is 12.0. The van der Waals surface area contributed by atoms with Gasteiger partial charge in [-0.1, -0.05) is 12.1 Å². The van der Waals surface area contributed by atoms with Crippen LogP contribution in [0.5, 0.6) is 0 Å². The molecule has 25 heavy (non-hydrogen) atoms. The minimum atomic E-state index is -0.508. The largest absolute Gasteiger partial charge is 0.465 e. The molecule has 2 amide bonds. The van der Waals surface area contributed by atoms with Crippen LogP contribution in [0.1, 0.15) is 22.8 Å². The Balaban J connectivity index is 2.06. The second-order valence-electron chi connectivity index (χ2n) is 5.29. The van der Waals surface area contributed by atoms with E-state index in [0.717, 1.165) is 5.56 Å². The maximum absolute atomic E-state index is 12.2. The molecule has 2 rings (SSSR count). The summed E-state index contributed by atoms with van der Waals surface area (Å²) in [6.07, 6.45) is 3.31. The summed E-state index contributed by atoms with van der Waals surface area (Å²) in [4.78, 5) is 41.0. The van der Waals surface area contributed by atoms with E-state index in [-0.39, 0.29) is 18.4 Å². The van der Waals surface area contributed by atoms with Crippen LogP contribution in [-0.2, 0) is 20.9 Å². The molecule has 0 bridgehead atoms. The molecule has 1 aromatic carbocycles. The maximum atomic E-state index is 12.2. The highest BCUT2D eigenvalue weighted by Crippen LogP contribution is 2.17. The van der Waals surface area contributed by atoms with Crippen molar-refractivity contribution in [2.24, 2.45) is 0 Å². The van der Waals surface area contributed by atoms with Gasteiger partial charge in [0.15, 0.2) is 0 Å². The number of carbonyl (C=O) groups is 3. The van der Waals surface area contributed by atoms with Gasteiger partial charge in [-0.3, -0.25) is 14.6 Å². The minimum Gasteiger partial charge on any atom is -0.465 e. The minimum absolute atomic E-state index is 0.153. The fourth-order valence-corrected chi connectivity index (χ4v) is 2.21. The zero-order valence-corrected chi connectivity index (χ0v) is 14.1. The number of anilines is 1. The lowest BCUT2D eigenvalue weighted by atomic mass is 10.2. The summed E-state index contributed by atoms with van der Waals surface area (Å²) in [5.74, 6) is -1.13. The highest BCUT2D eigenvalue weighted by molar-refractivity contribution is 5.99. The van der Waals surface area contributed by atoms with Crippen LogP contribution in [0.15, 0.2) is 48.8 Å². The third-order valence-electron chi connectivity index (χ3n) is 3.47. The van der Waals surface area contributed by atoms with Gasteiger partial charge in [-0.15, -0.1) is 0 Å². The number of nitrogens with zero attached hydrogens (tertiary/aromatic N) is 2. The summed E-state index contributed by atoms with van der Waals surface area (Å²) in [6.45, 7) is 1.53. The van der Waals surface area contributed by atoms with E-state index in [1.807, 2.05) is 6.07 Å². The number of rotatable bonds is 6. The highest BCUT2D eigenvalue weighted by Gasteiger charge is 2.17. The van der Waals surface area contributed by atoms with Crippen molar-refractivity contribution in [3.8, 4) is 0 Å². The van der Waals surface area contributed by atoms with Gasteiger partial charge in [-0.2, -0.15) is 0 Å². The molecular formula is C18H19N3O4. The second kappa shape index (κ2) is 8.58. The summed E-state index contributed by atoms with van der Waals surface area (Å²) in [6, 6.07) is 10.0. The smallest absolute Gasteiger partial charge is 0.337 e. The molecule has 2 aromatic rings. The van der Waals surface area contributed by atoms with Gasteiger partial charge in [0.05, 0.1) is 12.7 Å². The van der Waals surface area contributed by atoms with Gasteiger partial charge in [-0.25, -0.2) is 4.79 Å². The van der Waals surface area contributed by atoms with E-state index in [2.05, 4.69) is 15.0 Å². The van der Waals surface area contributed by atoms with Crippen molar-refractivity contribution in [3.05, 3.63) is 59.9 Å². The summed E-state index contributed by atoms with van der Waals surface area (Å²) in [5, 5.41) is 2.74. The van der Waals surface area contributed by atoms with Crippen molar-refractivity contribution in [1.82, 2.24) is 10.3 Å². The number of nitrogens with one attached hydrogen (secondary N) is 1. The second-order valence-corrected chi connectivity index (χ2v) is 5.29. The first kappa shape index (κ1) is 18.1. The van der Waals surface area contributed by atoms with Gasteiger partial charge in [0.25, 0.3) is 0 Å². The van der Waals surface area contributed by atoms with E-state index >= 15 is 0 Å². The molecule has 0 saturated carbocycles. The summed E-state index contributed by atoms with van der Waals surface area (Å²) in [5.41, 5.74) is 1.62. The Bertz CT molecular complexity index is 762. The molecule has 0 aliphatic rings. The Morgan fingerprint density at radius 2 is 2.00 bits per heavy atom. The van der Waals surface area contributed by atoms with Crippen LogP contribution in [0.3, 0.4) is 0 Å². The third kappa shape index (κ3) is 5.13. The molecule has 0 fully saturated rings. The SMILES string of the molecule is COC(=O)c1cccc(N(CC(=O)NCc2cccnc2)C(C)=O)c1. The van der Waals surface area contributed by atoms with Crippen LogP contribution in [0.4, 0.5) is 5.69 Å². The number of hydrogen-bond donors (Lipinski definition) is 1. The lowest BCUT2D eigenvalue weighted by molar-refractivity contribution is -0.123. The number of esters is 1. The van der Waals surface area contributed by atoms with Gasteiger partial charge >= 0.3 is 5.97 Å². The Labute approximate surface area is 145 Å². The Kier molecular flexibility index (Phi) is 6.22. The van der Waals surface area contributed by atoms with Crippen LogP contribution in [0.25, 0.3) is 0 Å². The number of hydrogen-bond acceptors (Lipinski definition) is 5. The Hall–Kier alpha value is -3.22. The molecule has 1 N–H and O–H groups in total. The topological polar surface area (TPSA) is 88.6 Å². The molecule has 7 nitrogen and oxygen atoms in total. The Morgan fingerprint density at radius 3 is 2.64 bits per heavy atom. The number of aromatic nitrogens is 1. The molecule has 0 saturated heterocycles. The van der Waals surface area contributed by atoms with Crippen molar-refractivity contribution in [3.63, 3.8) is 0 Å². The molecule has 0 aliphatic heterocycles. The number of carbonyl (C=O) groups excluding carboxylic acids is 3. The standard InChI is InChI=1S/C18H19N3O4/c1-13(22)21(16-7-3-6-15(9-16)18(24)25-2)12-17(23)20-11-14-5-4-8-19-10-14/h3-10H,11-12H2,1-2H3,(H,20,23). The normalized spacial score (nSPS) is 10.0. The molecule has 1 aromatic heterocycles. The zero-order valence-electron chi connectivity index (χ0n) is 14.1. The molecule has 0 aliphatic carbocycles. The molecule has 0 unspecified atom stereocenters. The number of pyridine rings is 1. The van der Waals surface area contributed by atoms with Gasteiger partial charge in [0, 0.05) is 31.5 Å². The number of amides is 2. The number of benzene rings is 1. The molecule has 1 heterocycles. The van der Waals surface area contributed by atoms with Crippen molar-refractivity contribution in [2.45, 2.75) is 13.5 Å². The lowest BCUT2D eigenvalue weighted by Gasteiger charge is -2.21. The molecular weight excluding hydrogens is 322 g/mol. The number of ether oxygens (including phenoxy) is 1. The quantitative estimate of drug-likeness (QED) is 0.805. The summed E-state index contributed by atoms with van der Waals surface area (Å²) < 4.78 is 4.67. The first-order valence-electron chi connectivity index (χ1n) is 7.63. The fourth-order valence-electron chi connectivity index (χ4n) is 2.21. The van der Waals surface area contributed by atoms with E-state index in [0.29, 0.717) is 17.8 Å². The zero-order chi connectivity index (χ0) is 18.2. The van der Waals surface area contributed by atoms with Gasteiger partial charge < -0.3 is 15.0 Å². The van der Waals surface area contributed by atoms with Crippen LogP contribution >= 0.6 is 0 Å². The lowest BCUT2D eigenvalue weighted by Crippen LogP contribution is -2.39. The van der Waals surface area contributed by atoms with E-state index in [1.165, 1.54) is 25.0 Å². The van der Waals surface area contributed by atoms with Crippen molar-refractivity contribution in [2.75, 3.05) is 18.6 Å². The van der Waals surface area contributed by atoms with E-state index in [9.17, 15) is 14.4 Å². The highest BCUT2D eigenvalue weighted by atomic mass is 16.5. The fraction of sp³-hybridized carbons (Fsp3) is 0.222.